The van der Waals surface area contributed by atoms with Crippen LogP contribution in [0.2, 0.25) is 0 Å². The second kappa shape index (κ2) is 10.0. The SMILES string of the molecule is N#Cc1cn(CC2CCN(CC(N)=O)CC2)c2ncnc(N(Cc3ccc(C(F)(F)F)cc3)C3CC3)c12. The van der Waals surface area contributed by atoms with Crippen LogP contribution in [0, 0.1) is 17.2 Å². The van der Waals surface area contributed by atoms with Gasteiger partial charge in [0.05, 0.1) is 23.1 Å². The van der Waals surface area contributed by atoms with Crippen molar-refractivity contribution in [2.24, 2.45) is 11.7 Å². The first-order valence-corrected chi connectivity index (χ1v) is 12.4. The van der Waals surface area contributed by atoms with Gasteiger partial charge in [-0.2, -0.15) is 18.4 Å². The molecule has 1 aliphatic heterocycles. The minimum Gasteiger partial charge on any atom is -0.369 e. The highest BCUT2D eigenvalue weighted by Crippen LogP contribution is 2.38. The van der Waals surface area contributed by atoms with Crippen LogP contribution in [0.1, 0.15) is 42.4 Å². The van der Waals surface area contributed by atoms with Crippen molar-refractivity contribution in [1.29, 1.82) is 5.26 Å². The fraction of sp³-hybridized carbons (Fsp3) is 0.462. The second-order valence-corrected chi connectivity index (χ2v) is 9.94. The van der Waals surface area contributed by atoms with E-state index in [9.17, 15) is 23.2 Å². The van der Waals surface area contributed by atoms with Gasteiger partial charge < -0.3 is 15.2 Å². The molecule has 1 saturated heterocycles. The number of alkyl halides is 3. The number of halogens is 3. The summed E-state index contributed by atoms with van der Waals surface area (Å²) in [6.45, 7) is 2.94. The Morgan fingerprint density at radius 1 is 1.14 bits per heavy atom. The second-order valence-electron chi connectivity index (χ2n) is 9.94. The molecule has 8 nitrogen and oxygen atoms in total. The molecule has 0 spiro atoms. The van der Waals surface area contributed by atoms with Crippen LogP contribution >= 0.6 is 0 Å². The monoisotopic (exact) mass is 511 g/mol. The Morgan fingerprint density at radius 2 is 1.84 bits per heavy atom. The number of rotatable bonds is 8. The maximum atomic E-state index is 13.0. The van der Waals surface area contributed by atoms with Crippen molar-refractivity contribution in [1.82, 2.24) is 19.4 Å². The highest BCUT2D eigenvalue weighted by atomic mass is 19.4. The zero-order chi connectivity index (χ0) is 26.2. The lowest BCUT2D eigenvalue weighted by atomic mass is 9.96. The summed E-state index contributed by atoms with van der Waals surface area (Å²) in [6, 6.07) is 7.69. The third-order valence-electron chi connectivity index (χ3n) is 7.19. The molecule has 0 radical (unpaired) electrons. The Hall–Kier alpha value is -3.65. The number of hydrogen-bond acceptors (Lipinski definition) is 6. The Kier molecular flexibility index (Phi) is 6.77. The van der Waals surface area contributed by atoms with Crippen molar-refractivity contribution in [3.8, 4) is 6.07 Å². The van der Waals surface area contributed by atoms with E-state index in [1.54, 1.807) is 0 Å². The van der Waals surface area contributed by atoms with Crippen LogP contribution in [0.4, 0.5) is 19.0 Å². The molecule has 1 amide bonds. The van der Waals surface area contributed by atoms with E-state index in [1.165, 1.54) is 18.5 Å². The summed E-state index contributed by atoms with van der Waals surface area (Å²) in [4.78, 5) is 24.4. The number of fused-ring (bicyclic) bond motifs is 1. The summed E-state index contributed by atoms with van der Waals surface area (Å²) in [7, 11) is 0. The lowest BCUT2D eigenvalue weighted by molar-refractivity contribution is -0.137. The van der Waals surface area contributed by atoms with Crippen molar-refractivity contribution in [3.63, 3.8) is 0 Å². The molecule has 2 aliphatic rings. The van der Waals surface area contributed by atoms with E-state index in [1.807, 2.05) is 10.8 Å². The quantitative estimate of drug-likeness (QED) is 0.495. The number of nitrogens with two attached hydrogens (primary N) is 1. The molecule has 1 aliphatic carbocycles. The highest BCUT2D eigenvalue weighted by molar-refractivity contribution is 5.93. The summed E-state index contributed by atoms with van der Waals surface area (Å²) in [5.41, 5.74) is 6.55. The molecule has 2 fully saturated rings. The van der Waals surface area contributed by atoms with E-state index in [4.69, 9.17) is 5.73 Å². The predicted molar refractivity (Wildman–Crippen MR) is 131 cm³/mol. The fourth-order valence-corrected chi connectivity index (χ4v) is 5.13. The normalized spacial score (nSPS) is 17.1. The van der Waals surface area contributed by atoms with Gasteiger partial charge in [0.15, 0.2) is 0 Å². The summed E-state index contributed by atoms with van der Waals surface area (Å²) in [6.07, 6.45) is 2.67. The number of amides is 1. The molecule has 1 saturated carbocycles. The van der Waals surface area contributed by atoms with Crippen molar-refractivity contribution in [2.75, 3.05) is 24.5 Å². The van der Waals surface area contributed by atoms with Gasteiger partial charge in [-0.1, -0.05) is 12.1 Å². The van der Waals surface area contributed by atoms with Gasteiger partial charge in [0.25, 0.3) is 0 Å². The summed E-state index contributed by atoms with van der Waals surface area (Å²) in [5.74, 6) is 0.685. The number of piperidine rings is 1. The fourth-order valence-electron chi connectivity index (χ4n) is 5.13. The molecule has 2 aromatic heterocycles. The molecule has 11 heteroatoms. The standard InChI is InChI=1S/C26H28F3N7O/c27-26(28,29)20-3-1-17(2-4-20)13-36(21-5-6-21)25-23-19(11-30)14-35(24(23)32-16-33-25)12-18-7-9-34(10-8-18)15-22(31)37/h1-4,14,16,18,21H,5-10,12-13,15H2,(H2,31,37). The summed E-state index contributed by atoms with van der Waals surface area (Å²) < 4.78 is 41.0. The van der Waals surface area contributed by atoms with Crippen molar-refractivity contribution >= 4 is 22.8 Å². The maximum absolute atomic E-state index is 13.0. The minimum absolute atomic E-state index is 0.213. The number of aromatic nitrogens is 3. The summed E-state index contributed by atoms with van der Waals surface area (Å²) in [5, 5.41) is 10.6. The topological polar surface area (TPSA) is 104 Å². The van der Waals surface area contributed by atoms with Crippen molar-refractivity contribution in [3.05, 3.63) is 53.5 Å². The molecule has 0 bridgehead atoms. The molecular formula is C26H28F3N7O. The van der Waals surface area contributed by atoms with Gasteiger partial charge in [0.2, 0.25) is 5.91 Å². The van der Waals surface area contributed by atoms with E-state index in [0.29, 0.717) is 41.4 Å². The van der Waals surface area contributed by atoms with Gasteiger partial charge >= 0.3 is 6.18 Å². The third kappa shape index (κ3) is 5.54. The lowest BCUT2D eigenvalue weighted by Crippen LogP contribution is -2.40. The first-order valence-electron chi connectivity index (χ1n) is 12.4. The molecule has 1 aromatic carbocycles. The van der Waals surface area contributed by atoms with E-state index in [0.717, 1.165) is 56.5 Å². The van der Waals surface area contributed by atoms with Gasteiger partial charge in [-0.3, -0.25) is 9.69 Å². The van der Waals surface area contributed by atoms with Crippen LogP contribution in [0.3, 0.4) is 0 Å². The number of hydrogen-bond donors (Lipinski definition) is 1. The number of likely N-dealkylation sites (tertiary alicyclic amines) is 1. The van der Waals surface area contributed by atoms with E-state index >= 15 is 0 Å². The van der Waals surface area contributed by atoms with E-state index in [-0.39, 0.29) is 18.5 Å². The van der Waals surface area contributed by atoms with Gasteiger partial charge in [0.1, 0.15) is 23.9 Å². The van der Waals surface area contributed by atoms with Crippen molar-refractivity contribution < 1.29 is 18.0 Å². The molecule has 3 heterocycles. The average molecular weight is 512 g/mol. The zero-order valence-electron chi connectivity index (χ0n) is 20.3. The Labute approximate surface area is 212 Å². The van der Waals surface area contributed by atoms with Crippen molar-refractivity contribution in [2.45, 2.75) is 51.0 Å². The van der Waals surface area contributed by atoms with Crippen LogP contribution in [0.25, 0.3) is 11.0 Å². The van der Waals surface area contributed by atoms with E-state index < -0.39 is 11.7 Å². The first kappa shape index (κ1) is 25.0. The number of benzene rings is 1. The van der Waals surface area contributed by atoms with Gasteiger partial charge in [-0.25, -0.2) is 9.97 Å². The van der Waals surface area contributed by atoms with E-state index in [2.05, 4.69) is 25.8 Å². The molecule has 0 atom stereocenters. The zero-order valence-corrected chi connectivity index (χ0v) is 20.3. The molecular weight excluding hydrogens is 483 g/mol. The minimum atomic E-state index is -4.38. The first-order chi connectivity index (χ1) is 17.7. The highest BCUT2D eigenvalue weighted by Gasteiger charge is 2.34. The Bertz CT molecular complexity index is 1320. The smallest absolute Gasteiger partial charge is 0.369 e. The maximum Gasteiger partial charge on any atom is 0.416 e. The Balaban J connectivity index is 1.40. The number of carbonyl (C=O) groups excluding carboxylic acids is 1. The lowest BCUT2D eigenvalue weighted by Gasteiger charge is -2.31. The third-order valence-corrected chi connectivity index (χ3v) is 7.19. The molecule has 2 N–H and O–H groups in total. The average Bonchev–Trinajstić information content (AvgIpc) is 3.65. The van der Waals surface area contributed by atoms with Crippen LogP contribution in [-0.2, 0) is 24.1 Å². The van der Waals surface area contributed by atoms with Crippen LogP contribution in [0.15, 0.2) is 36.8 Å². The molecule has 0 unspecified atom stereocenters. The predicted octanol–water partition coefficient (Wildman–Crippen LogP) is 3.69. The largest absolute Gasteiger partial charge is 0.416 e. The van der Waals surface area contributed by atoms with Gasteiger partial charge in [0, 0.05) is 25.3 Å². The molecule has 5 rings (SSSR count). The van der Waals surface area contributed by atoms with Gasteiger partial charge in [-0.05, 0) is 62.4 Å². The van der Waals surface area contributed by atoms with Crippen LogP contribution in [-0.4, -0.2) is 51.0 Å². The number of nitriles is 1. The Morgan fingerprint density at radius 3 is 2.43 bits per heavy atom. The summed E-state index contributed by atoms with van der Waals surface area (Å²) >= 11 is 0. The number of nitrogens with zero attached hydrogens (tertiary/aromatic N) is 6. The number of anilines is 1. The number of primary amides is 1. The van der Waals surface area contributed by atoms with Crippen LogP contribution < -0.4 is 10.6 Å². The number of carbonyl (C=O) groups is 1. The molecule has 37 heavy (non-hydrogen) atoms. The molecule has 3 aromatic rings. The van der Waals surface area contributed by atoms with Crippen LogP contribution in [0.5, 0.6) is 0 Å². The molecule has 194 valence electrons. The van der Waals surface area contributed by atoms with Gasteiger partial charge in [-0.15, -0.1) is 0 Å².